The number of aromatic amines is 1. The Kier molecular flexibility index (Phi) is 11.5. The molecule has 2 aromatic carbocycles. The van der Waals surface area contributed by atoms with E-state index >= 15 is 0 Å². The van der Waals surface area contributed by atoms with Gasteiger partial charge in [0.1, 0.15) is 5.82 Å². The number of guanidine groups is 1. The van der Waals surface area contributed by atoms with E-state index in [0.29, 0.717) is 39.5 Å². The standard InChI is InChI=1S/C24H31FN4O2.HI/c1-3-30-11-12-31-17-19-6-4-5-18(13-19)15-29-24(26-2)27-10-9-20-16-28-23-8-7-21(25)14-22(20)23;/h4-8,13-14,16,28H,3,9-12,15,17H2,1-2H3,(H2,26,27,29);1H. The molecule has 3 aromatic rings. The van der Waals surface area contributed by atoms with Crippen molar-refractivity contribution in [3.63, 3.8) is 0 Å². The number of rotatable bonds is 11. The molecule has 0 amide bonds. The zero-order chi connectivity index (χ0) is 21.9. The minimum absolute atomic E-state index is 0. The number of ether oxygens (including phenoxy) is 2. The zero-order valence-corrected chi connectivity index (χ0v) is 20.9. The Bertz CT molecular complexity index is 993. The Hall–Kier alpha value is -2.17. The summed E-state index contributed by atoms with van der Waals surface area (Å²) in [5.41, 5.74) is 4.31. The minimum atomic E-state index is -0.222. The Morgan fingerprint density at radius 2 is 1.88 bits per heavy atom. The lowest BCUT2D eigenvalue weighted by Gasteiger charge is -2.12. The van der Waals surface area contributed by atoms with Crippen LogP contribution in [0, 0.1) is 5.82 Å². The highest BCUT2D eigenvalue weighted by molar-refractivity contribution is 14.0. The van der Waals surface area contributed by atoms with E-state index < -0.39 is 0 Å². The molecule has 0 aliphatic carbocycles. The molecule has 8 heteroatoms. The van der Waals surface area contributed by atoms with Crippen LogP contribution in [0.4, 0.5) is 4.39 Å². The summed E-state index contributed by atoms with van der Waals surface area (Å²) in [7, 11) is 1.75. The van der Waals surface area contributed by atoms with Crippen molar-refractivity contribution in [2.24, 2.45) is 4.99 Å². The van der Waals surface area contributed by atoms with Gasteiger partial charge in [0.25, 0.3) is 0 Å². The molecule has 0 saturated heterocycles. The van der Waals surface area contributed by atoms with E-state index in [9.17, 15) is 4.39 Å². The lowest BCUT2D eigenvalue weighted by molar-refractivity contribution is 0.0453. The van der Waals surface area contributed by atoms with Crippen molar-refractivity contribution in [2.75, 3.05) is 33.4 Å². The Balaban J connectivity index is 0.00000363. The van der Waals surface area contributed by atoms with Gasteiger partial charge >= 0.3 is 0 Å². The van der Waals surface area contributed by atoms with Crippen molar-refractivity contribution in [3.05, 3.63) is 71.2 Å². The topological polar surface area (TPSA) is 70.7 Å². The molecule has 0 fully saturated rings. The van der Waals surface area contributed by atoms with Gasteiger partial charge in [-0.05, 0) is 48.2 Å². The van der Waals surface area contributed by atoms with Crippen molar-refractivity contribution in [2.45, 2.75) is 26.5 Å². The summed E-state index contributed by atoms with van der Waals surface area (Å²) in [6.07, 6.45) is 2.70. The number of fused-ring (bicyclic) bond motifs is 1. The molecule has 0 saturated carbocycles. The molecule has 0 aliphatic heterocycles. The van der Waals surface area contributed by atoms with Crippen LogP contribution in [-0.2, 0) is 29.0 Å². The van der Waals surface area contributed by atoms with E-state index in [2.05, 4.69) is 38.8 Å². The van der Waals surface area contributed by atoms with Gasteiger partial charge < -0.3 is 25.1 Å². The maximum atomic E-state index is 13.5. The van der Waals surface area contributed by atoms with Crippen molar-refractivity contribution < 1.29 is 13.9 Å². The van der Waals surface area contributed by atoms with Crippen molar-refractivity contribution in [3.8, 4) is 0 Å². The molecule has 0 radical (unpaired) electrons. The summed E-state index contributed by atoms with van der Waals surface area (Å²) in [5.74, 6) is 0.505. The molecule has 174 valence electrons. The predicted molar refractivity (Wildman–Crippen MR) is 138 cm³/mol. The molecular formula is C24H32FIN4O2. The second-order valence-electron chi connectivity index (χ2n) is 7.18. The Morgan fingerprint density at radius 3 is 2.69 bits per heavy atom. The molecule has 0 spiro atoms. The third-order valence-corrected chi connectivity index (χ3v) is 4.94. The summed E-state index contributed by atoms with van der Waals surface area (Å²) < 4.78 is 24.5. The second-order valence-corrected chi connectivity index (χ2v) is 7.18. The van der Waals surface area contributed by atoms with Crippen LogP contribution in [0.25, 0.3) is 10.9 Å². The van der Waals surface area contributed by atoms with Gasteiger partial charge in [0.05, 0.1) is 19.8 Å². The van der Waals surface area contributed by atoms with Crippen LogP contribution in [0.2, 0.25) is 0 Å². The first kappa shape index (κ1) is 26.1. The van der Waals surface area contributed by atoms with E-state index in [1.54, 1.807) is 19.2 Å². The number of hydrogen-bond donors (Lipinski definition) is 3. The van der Waals surface area contributed by atoms with E-state index in [0.717, 1.165) is 40.0 Å². The molecule has 32 heavy (non-hydrogen) atoms. The number of hydrogen-bond acceptors (Lipinski definition) is 3. The third kappa shape index (κ3) is 8.07. The third-order valence-electron chi connectivity index (χ3n) is 4.94. The zero-order valence-electron chi connectivity index (χ0n) is 18.6. The lowest BCUT2D eigenvalue weighted by Crippen LogP contribution is -2.37. The predicted octanol–water partition coefficient (Wildman–Crippen LogP) is 4.39. The highest BCUT2D eigenvalue weighted by atomic mass is 127. The smallest absolute Gasteiger partial charge is 0.191 e. The fourth-order valence-electron chi connectivity index (χ4n) is 3.36. The molecule has 0 unspecified atom stereocenters. The van der Waals surface area contributed by atoms with Gasteiger partial charge in [-0.1, -0.05) is 24.3 Å². The van der Waals surface area contributed by atoms with Crippen LogP contribution in [0.1, 0.15) is 23.6 Å². The summed E-state index contributed by atoms with van der Waals surface area (Å²) in [6.45, 7) is 5.81. The van der Waals surface area contributed by atoms with Crippen LogP contribution >= 0.6 is 24.0 Å². The van der Waals surface area contributed by atoms with Crippen LogP contribution in [0.5, 0.6) is 0 Å². The summed E-state index contributed by atoms with van der Waals surface area (Å²) >= 11 is 0. The van der Waals surface area contributed by atoms with E-state index in [-0.39, 0.29) is 29.8 Å². The first-order valence-electron chi connectivity index (χ1n) is 10.6. The van der Waals surface area contributed by atoms with Crippen molar-refractivity contribution in [1.82, 2.24) is 15.6 Å². The molecule has 6 nitrogen and oxygen atoms in total. The van der Waals surface area contributed by atoms with Gasteiger partial charge in [0.15, 0.2) is 5.96 Å². The van der Waals surface area contributed by atoms with Gasteiger partial charge in [-0.3, -0.25) is 4.99 Å². The molecule has 0 bridgehead atoms. The number of aromatic nitrogens is 1. The first-order chi connectivity index (χ1) is 15.2. The van der Waals surface area contributed by atoms with Crippen molar-refractivity contribution >= 4 is 40.8 Å². The molecule has 0 aliphatic rings. The van der Waals surface area contributed by atoms with Crippen LogP contribution in [-0.4, -0.2) is 44.4 Å². The SMILES string of the molecule is CCOCCOCc1cccc(CNC(=NC)NCCc2c[nH]c3ccc(F)cc23)c1.I. The monoisotopic (exact) mass is 554 g/mol. The molecule has 1 aromatic heterocycles. The van der Waals surface area contributed by atoms with E-state index in [4.69, 9.17) is 9.47 Å². The van der Waals surface area contributed by atoms with Gasteiger partial charge in [-0.15, -0.1) is 24.0 Å². The van der Waals surface area contributed by atoms with Gasteiger partial charge in [0, 0.05) is 43.8 Å². The largest absolute Gasteiger partial charge is 0.379 e. The number of halogens is 2. The summed E-state index contributed by atoms with van der Waals surface area (Å²) in [5, 5.41) is 7.57. The van der Waals surface area contributed by atoms with E-state index in [1.807, 2.05) is 19.2 Å². The maximum absolute atomic E-state index is 13.5. The van der Waals surface area contributed by atoms with Gasteiger partial charge in [-0.2, -0.15) is 0 Å². The Labute approximate surface area is 206 Å². The molecule has 1 heterocycles. The number of benzene rings is 2. The van der Waals surface area contributed by atoms with Gasteiger partial charge in [-0.25, -0.2) is 4.39 Å². The van der Waals surface area contributed by atoms with Gasteiger partial charge in [0.2, 0.25) is 0 Å². The van der Waals surface area contributed by atoms with Crippen LogP contribution in [0.3, 0.4) is 0 Å². The Morgan fingerprint density at radius 1 is 1.06 bits per heavy atom. The second kappa shape index (κ2) is 14.1. The number of nitrogens with zero attached hydrogens (tertiary/aromatic N) is 1. The highest BCUT2D eigenvalue weighted by Crippen LogP contribution is 2.19. The average Bonchev–Trinajstić information content (AvgIpc) is 3.18. The maximum Gasteiger partial charge on any atom is 0.191 e. The summed E-state index contributed by atoms with van der Waals surface area (Å²) in [6, 6.07) is 13.1. The fraction of sp³-hybridized carbons (Fsp3) is 0.375. The fourth-order valence-corrected chi connectivity index (χ4v) is 3.36. The van der Waals surface area contributed by atoms with Crippen LogP contribution < -0.4 is 10.6 Å². The average molecular weight is 554 g/mol. The molecular weight excluding hydrogens is 522 g/mol. The number of H-pyrrole nitrogens is 1. The van der Waals surface area contributed by atoms with Crippen LogP contribution in [0.15, 0.2) is 53.7 Å². The van der Waals surface area contributed by atoms with Crippen molar-refractivity contribution in [1.29, 1.82) is 0 Å². The molecule has 3 rings (SSSR count). The minimum Gasteiger partial charge on any atom is -0.379 e. The normalized spacial score (nSPS) is 11.4. The lowest BCUT2D eigenvalue weighted by atomic mass is 10.1. The molecule has 0 atom stereocenters. The summed E-state index contributed by atoms with van der Waals surface area (Å²) in [4.78, 5) is 7.47. The number of nitrogens with one attached hydrogen (secondary N) is 3. The number of aliphatic imine (C=N–C) groups is 1. The van der Waals surface area contributed by atoms with E-state index in [1.165, 1.54) is 6.07 Å². The first-order valence-corrected chi connectivity index (χ1v) is 10.6. The highest BCUT2D eigenvalue weighted by Gasteiger charge is 2.06. The molecule has 3 N–H and O–H groups in total. The quantitative estimate of drug-likeness (QED) is 0.142.